The SMILES string of the molecule is Cc1cc2nc(C)c(CCC(=O)OCC(=O)N[C@H]3CCS(=O)(=O)C3)c(C)n2n1. The van der Waals surface area contributed by atoms with Crippen LogP contribution in [0.1, 0.15) is 35.5 Å². The van der Waals surface area contributed by atoms with Crippen LogP contribution in [-0.2, 0) is 30.6 Å². The predicted molar refractivity (Wildman–Crippen MR) is 102 cm³/mol. The van der Waals surface area contributed by atoms with Crippen molar-refractivity contribution in [1.82, 2.24) is 19.9 Å². The van der Waals surface area contributed by atoms with E-state index in [0.29, 0.717) is 12.8 Å². The number of esters is 1. The average Bonchev–Trinajstić information content (AvgIpc) is 3.14. The van der Waals surface area contributed by atoms with Crippen LogP contribution >= 0.6 is 0 Å². The Morgan fingerprint density at radius 3 is 2.75 bits per heavy atom. The normalized spacial score (nSPS) is 18.3. The topological polar surface area (TPSA) is 120 Å². The third-order valence-corrected chi connectivity index (χ3v) is 6.60. The highest BCUT2D eigenvalue weighted by atomic mass is 32.2. The summed E-state index contributed by atoms with van der Waals surface area (Å²) in [6.07, 6.45) is 0.935. The van der Waals surface area contributed by atoms with Crippen molar-refractivity contribution in [2.45, 2.75) is 46.1 Å². The van der Waals surface area contributed by atoms with Gasteiger partial charge < -0.3 is 10.1 Å². The number of nitrogens with zero attached hydrogens (tertiary/aromatic N) is 3. The van der Waals surface area contributed by atoms with Gasteiger partial charge in [0.15, 0.2) is 22.1 Å². The summed E-state index contributed by atoms with van der Waals surface area (Å²) in [7, 11) is -3.07. The standard InChI is InChI=1S/C18H24N4O5S/c1-11-8-16-19-12(2)15(13(3)22(16)21-11)4-5-18(24)27-9-17(23)20-14-6-7-28(25,26)10-14/h8,14H,4-7,9-10H2,1-3H3,(H,20,23)/t14-/m0/s1. The minimum Gasteiger partial charge on any atom is -0.456 e. The largest absolute Gasteiger partial charge is 0.456 e. The minimum absolute atomic E-state index is 0.0619. The van der Waals surface area contributed by atoms with E-state index in [4.69, 9.17) is 4.74 Å². The van der Waals surface area contributed by atoms with E-state index in [9.17, 15) is 18.0 Å². The van der Waals surface area contributed by atoms with Crippen LogP contribution in [0, 0.1) is 20.8 Å². The number of amides is 1. The second kappa shape index (κ2) is 7.86. The fraction of sp³-hybridized carbons (Fsp3) is 0.556. The van der Waals surface area contributed by atoms with Crippen molar-refractivity contribution in [3.8, 4) is 0 Å². The number of nitrogens with one attached hydrogen (secondary N) is 1. The number of aryl methyl sites for hydroxylation is 3. The Balaban J connectivity index is 1.50. The van der Waals surface area contributed by atoms with E-state index in [2.05, 4.69) is 15.4 Å². The summed E-state index contributed by atoms with van der Waals surface area (Å²) >= 11 is 0. The lowest BCUT2D eigenvalue weighted by atomic mass is 10.1. The molecule has 1 aliphatic heterocycles. The molecule has 2 aromatic rings. The first-order chi connectivity index (χ1) is 13.1. The van der Waals surface area contributed by atoms with Crippen molar-refractivity contribution < 1.29 is 22.7 Å². The van der Waals surface area contributed by atoms with Crippen molar-refractivity contribution in [3.05, 3.63) is 28.7 Å². The number of ether oxygens (including phenoxy) is 1. The molecule has 1 atom stereocenters. The summed E-state index contributed by atoms with van der Waals surface area (Å²) in [6.45, 7) is 5.30. The maximum atomic E-state index is 12.0. The molecule has 0 radical (unpaired) electrons. The van der Waals surface area contributed by atoms with Crippen LogP contribution in [-0.4, -0.2) is 59.0 Å². The van der Waals surface area contributed by atoms with Crippen molar-refractivity contribution in [2.24, 2.45) is 0 Å². The maximum absolute atomic E-state index is 12.0. The van der Waals surface area contributed by atoms with Crippen LogP contribution in [0.4, 0.5) is 0 Å². The van der Waals surface area contributed by atoms with Gasteiger partial charge in [-0.3, -0.25) is 9.59 Å². The molecule has 152 valence electrons. The molecule has 28 heavy (non-hydrogen) atoms. The van der Waals surface area contributed by atoms with Gasteiger partial charge in [0.05, 0.1) is 17.2 Å². The first-order valence-corrected chi connectivity index (χ1v) is 10.9. The molecule has 3 rings (SSSR count). The summed E-state index contributed by atoms with van der Waals surface area (Å²) in [5.74, 6) is -0.972. The van der Waals surface area contributed by atoms with Crippen molar-refractivity contribution >= 4 is 27.4 Å². The molecular formula is C18H24N4O5S. The molecule has 0 bridgehead atoms. The van der Waals surface area contributed by atoms with E-state index in [1.165, 1.54) is 0 Å². The Morgan fingerprint density at radius 1 is 1.32 bits per heavy atom. The third kappa shape index (κ3) is 4.67. The molecule has 10 heteroatoms. The number of fused-ring (bicyclic) bond motifs is 1. The van der Waals surface area contributed by atoms with E-state index in [1.807, 2.05) is 26.8 Å². The fourth-order valence-corrected chi connectivity index (χ4v) is 5.10. The maximum Gasteiger partial charge on any atom is 0.306 e. The zero-order valence-corrected chi connectivity index (χ0v) is 17.0. The molecule has 1 saturated heterocycles. The van der Waals surface area contributed by atoms with Crippen LogP contribution in [0.5, 0.6) is 0 Å². The first-order valence-electron chi connectivity index (χ1n) is 9.12. The van der Waals surface area contributed by atoms with E-state index >= 15 is 0 Å². The smallest absolute Gasteiger partial charge is 0.306 e. The predicted octanol–water partition coefficient (Wildman–Crippen LogP) is 0.434. The Morgan fingerprint density at radius 2 is 2.07 bits per heavy atom. The van der Waals surface area contributed by atoms with Crippen molar-refractivity contribution in [2.75, 3.05) is 18.1 Å². The molecule has 1 aliphatic rings. The van der Waals surface area contributed by atoms with Crippen LogP contribution in [0.2, 0.25) is 0 Å². The molecule has 0 unspecified atom stereocenters. The summed E-state index contributed by atoms with van der Waals surface area (Å²) in [6, 6.07) is 1.49. The van der Waals surface area contributed by atoms with Crippen molar-refractivity contribution in [3.63, 3.8) is 0 Å². The van der Waals surface area contributed by atoms with E-state index in [0.717, 1.165) is 28.3 Å². The van der Waals surface area contributed by atoms with Gasteiger partial charge in [-0.25, -0.2) is 17.9 Å². The molecule has 9 nitrogen and oxygen atoms in total. The lowest BCUT2D eigenvalue weighted by Crippen LogP contribution is -2.38. The molecular weight excluding hydrogens is 384 g/mol. The number of sulfone groups is 1. The molecule has 1 fully saturated rings. The molecule has 0 aromatic carbocycles. The van der Waals surface area contributed by atoms with Crippen LogP contribution in [0.3, 0.4) is 0 Å². The van der Waals surface area contributed by atoms with E-state index in [1.54, 1.807) is 4.52 Å². The first kappa shape index (κ1) is 20.2. The fourth-order valence-electron chi connectivity index (χ4n) is 3.43. The summed E-state index contributed by atoms with van der Waals surface area (Å²) < 4.78 is 29.6. The number of rotatable bonds is 6. The molecule has 0 aliphatic carbocycles. The van der Waals surface area contributed by atoms with Crippen LogP contribution in [0.15, 0.2) is 6.07 Å². The lowest BCUT2D eigenvalue weighted by Gasteiger charge is -2.12. The highest BCUT2D eigenvalue weighted by molar-refractivity contribution is 7.91. The summed E-state index contributed by atoms with van der Waals surface area (Å²) in [5, 5.41) is 6.99. The Bertz CT molecular complexity index is 1030. The molecule has 0 saturated carbocycles. The minimum atomic E-state index is -3.07. The molecule has 1 amide bonds. The van der Waals surface area contributed by atoms with Gasteiger partial charge in [-0.05, 0) is 39.2 Å². The van der Waals surface area contributed by atoms with Gasteiger partial charge in [-0.1, -0.05) is 0 Å². The van der Waals surface area contributed by atoms with Gasteiger partial charge in [0.25, 0.3) is 5.91 Å². The number of hydrogen-bond acceptors (Lipinski definition) is 7. The van der Waals surface area contributed by atoms with Crippen molar-refractivity contribution in [1.29, 1.82) is 0 Å². The average molecular weight is 408 g/mol. The van der Waals surface area contributed by atoms with Gasteiger partial charge in [0.2, 0.25) is 0 Å². The van der Waals surface area contributed by atoms with Crippen LogP contribution in [0.25, 0.3) is 5.65 Å². The highest BCUT2D eigenvalue weighted by Gasteiger charge is 2.29. The Hall–Kier alpha value is -2.49. The molecule has 3 heterocycles. The molecule has 2 aromatic heterocycles. The summed E-state index contributed by atoms with van der Waals surface area (Å²) in [5.41, 5.74) is 4.31. The van der Waals surface area contributed by atoms with E-state index in [-0.39, 0.29) is 17.9 Å². The second-order valence-electron chi connectivity index (χ2n) is 7.15. The summed E-state index contributed by atoms with van der Waals surface area (Å²) in [4.78, 5) is 28.4. The lowest BCUT2D eigenvalue weighted by molar-refractivity contribution is -0.148. The van der Waals surface area contributed by atoms with Gasteiger partial charge in [0, 0.05) is 29.9 Å². The van der Waals surface area contributed by atoms with Gasteiger partial charge in [-0.15, -0.1) is 0 Å². The van der Waals surface area contributed by atoms with Gasteiger partial charge >= 0.3 is 5.97 Å². The second-order valence-corrected chi connectivity index (χ2v) is 9.37. The third-order valence-electron chi connectivity index (χ3n) is 4.83. The molecule has 1 N–H and O–H groups in total. The van der Waals surface area contributed by atoms with Crippen LogP contribution < -0.4 is 5.32 Å². The number of carbonyl (C=O) groups is 2. The number of hydrogen-bond donors (Lipinski definition) is 1. The van der Waals surface area contributed by atoms with Gasteiger partial charge in [0.1, 0.15) is 0 Å². The highest BCUT2D eigenvalue weighted by Crippen LogP contribution is 2.17. The quantitative estimate of drug-likeness (QED) is 0.689. The Labute approximate surface area is 163 Å². The number of aromatic nitrogens is 3. The zero-order chi connectivity index (χ0) is 20.5. The monoisotopic (exact) mass is 408 g/mol. The zero-order valence-electron chi connectivity index (χ0n) is 16.2. The Kier molecular flexibility index (Phi) is 5.69. The van der Waals surface area contributed by atoms with E-state index < -0.39 is 34.4 Å². The molecule has 0 spiro atoms. The number of carbonyl (C=O) groups excluding carboxylic acids is 2. The van der Waals surface area contributed by atoms with Gasteiger partial charge in [-0.2, -0.15) is 5.10 Å².